The molecule has 0 spiro atoms. The fourth-order valence-electron chi connectivity index (χ4n) is 3.98. The molecule has 166 valence electrons. The molecular formula is C25H27N3O3S. The molecule has 1 aliphatic rings. The van der Waals surface area contributed by atoms with Crippen LogP contribution in [0.4, 0.5) is 11.4 Å². The van der Waals surface area contributed by atoms with Gasteiger partial charge in [0.15, 0.2) is 0 Å². The van der Waals surface area contributed by atoms with Gasteiger partial charge >= 0.3 is 0 Å². The van der Waals surface area contributed by atoms with Crippen molar-refractivity contribution in [1.29, 1.82) is 0 Å². The second-order valence-electron chi connectivity index (χ2n) is 7.90. The third-order valence-electron chi connectivity index (χ3n) is 5.88. The molecule has 6 nitrogen and oxygen atoms in total. The number of hydrogen-bond donors (Lipinski definition) is 0. The molecule has 0 radical (unpaired) electrons. The number of rotatable bonds is 5. The number of sulfonamides is 1. The SMILES string of the molecule is Cc1ccccc1N1CCN(C(=O)c2cccc(S(=O)(=O)N(C)c3ccccc3)c2)CC1. The summed E-state index contributed by atoms with van der Waals surface area (Å²) >= 11 is 0. The highest BCUT2D eigenvalue weighted by molar-refractivity contribution is 7.92. The van der Waals surface area contributed by atoms with Crippen LogP contribution >= 0.6 is 0 Å². The van der Waals surface area contributed by atoms with Crippen molar-refractivity contribution >= 4 is 27.3 Å². The zero-order valence-electron chi connectivity index (χ0n) is 18.3. The number of benzene rings is 3. The summed E-state index contributed by atoms with van der Waals surface area (Å²) in [6.45, 7) is 4.75. The normalized spacial score (nSPS) is 14.3. The number of carbonyl (C=O) groups is 1. The minimum atomic E-state index is -3.77. The zero-order chi connectivity index (χ0) is 22.7. The van der Waals surface area contributed by atoms with Gasteiger partial charge in [-0.1, -0.05) is 42.5 Å². The minimum absolute atomic E-state index is 0.105. The minimum Gasteiger partial charge on any atom is -0.368 e. The van der Waals surface area contributed by atoms with Crippen molar-refractivity contribution < 1.29 is 13.2 Å². The molecule has 4 rings (SSSR count). The van der Waals surface area contributed by atoms with Gasteiger partial charge in [-0.15, -0.1) is 0 Å². The van der Waals surface area contributed by atoms with Crippen LogP contribution in [-0.2, 0) is 10.0 Å². The Bertz CT molecular complexity index is 1200. The highest BCUT2D eigenvalue weighted by Crippen LogP contribution is 2.24. The largest absolute Gasteiger partial charge is 0.368 e. The van der Waals surface area contributed by atoms with E-state index in [1.165, 1.54) is 34.7 Å². The van der Waals surface area contributed by atoms with Crippen molar-refractivity contribution in [3.63, 3.8) is 0 Å². The van der Waals surface area contributed by atoms with Crippen LogP contribution in [0.1, 0.15) is 15.9 Å². The molecule has 7 heteroatoms. The Balaban J connectivity index is 1.49. The molecule has 1 aliphatic heterocycles. The molecule has 0 atom stereocenters. The molecule has 32 heavy (non-hydrogen) atoms. The summed E-state index contributed by atoms with van der Waals surface area (Å²) in [5.41, 5.74) is 3.36. The molecule has 1 saturated heterocycles. The van der Waals surface area contributed by atoms with Gasteiger partial charge in [0.2, 0.25) is 0 Å². The van der Waals surface area contributed by atoms with Gasteiger partial charge in [-0.2, -0.15) is 0 Å². The number of piperazine rings is 1. The highest BCUT2D eigenvalue weighted by Gasteiger charge is 2.26. The standard InChI is InChI=1S/C25H27N3O3S/c1-20-9-6-7-14-24(20)27-15-17-28(18-16-27)25(29)21-10-8-13-23(19-21)32(30,31)26(2)22-11-4-3-5-12-22/h3-14,19H,15-18H2,1-2H3. The maximum atomic E-state index is 13.1. The van der Waals surface area contributed by atoms with E-state index in [0.29, 0.717) is 24.3 Å². The van der Waals surface area contributed by atoms with Gasteiger partial charge in [0.05, 0.1) is 10.6 Å². The molecule has 3 aromatic rings. The van der Waals surface area contributed by atoms with Crippen molar-refractivity contribution in [3.05, 3.63) is 90.0 Å². The van der Waals surface area contributed by atoms with E-state index in [1.807, 2.05) is 18.2 Å². The topological polar surface area (TPSA) is 60.9 Å². The fraction of sp³-hybridized carbons (Fsp3) is 0.240. The van der Waals surface area contributed by atoms with E-state index in [2.05, 4.69) is 24.0 Å². The molecule has 0 N–H and O–H groups in total. The van der Waals surface area contributed by atoms with Crippen LogP contribution in [0.2, 0.25) is 0 Å². The smallest absolute Gasteiger partial charge is 0.264 e. The summed E-state index contributed by atoms with van der Waals surface area (Å²) in [7, 11) is -2.26. The Labute approximate surface area is 189 Å². The number of carbonyl (C=O) groups excluding carboxylic acids is 1. The zero-order valence-corrected chi connectivity index (χ0v) is 19.1. The number of aryl methyl sites for hydroxylation is 1. The average Bonchev–Trinajstić information content (AvgIpc) is 2.84. The predicted molar refractivity (Wildman–Crippen MR) is 128 cm³/mol. The van der Waals surface area contributed by atoms with Gasteiger partial charge in [-0.05, 0) is 48.9 Å². The van der Waals surface area contributed by atoms with Crippen LogP contribution in [-0.4, -0.2) is 52.5 Å². The van der Waals surface area contributed by atoms with E-state index in [1.54, 1.807) is 41.3 Å². The van der Waals surface area contributed by atoms with Crippen LogP contribution in [0, 0.1) is 6.92 Å². The van der Waals surface area contributed by atoms with Crippen LogP contribution in [0.3, 0.4) is 0 Å². The van der Waals surface area contributed by atoms with Crippen molar-refractivity contribution in [1.82, 2.24) is 4.90 Å². The lowest BCUT2D eigenvalue weighted by Gasteiger charge is -2.37. The van der Waals surface area contributed by atoms with E-state index in [9.17, 15) is 13.2 Å². The fourth-order valence-corrected chi connectivity index (χ4v) is 5.22. The summed E-state index contributed by atoms with van der Waals surface area (Å²) in [6, 6.07) is 23.4. The highest BCUT2D eigenvalue weighted by atomic mass is 32.2. The Morgan fingerprint density at radius 3 is 2.19 bits per heavy atom. The van der Waals surface area contributed by atoms with Crippen LogP contribution in [0.25, 0.3) is 0 Å². The van der Waals surface area contributed by atoms with E-state index in [4.69, 9.17) is 0 Å². The van der Waals surface area contributed by atoms with Crippen molar-refractivity contribution in [2.24, 2.45) is 0 Å². The molecule has 1 heterocycles. The van der Waals surface area contributed by atoms with Crippen LogP contribution < -0.4 is 9.21 Å². The molecule has 1 fully saturated rings. The first-order chi connectivity index (χ1) is 15.4. The second-order valence-corrected chi connectivity index (χ2v) is 9.87. The van der Waals surface area contributed by atoms with Gasteiger partial charge in [0.1, 0.15) is 0 Å². The first kappa shape index (κ1) is 21.9. The van der Waals surface area contributed by atoms with E-state index < -0.39 is 10.0 Å². The summed E-state index contributed by atoms with van der Waals surface area (Å²) < 4.78 is 27.5. The molecule has 0 aliphatic carbocycles. The quantitative estimate of drug-likeness (QED) is 0.595. The Hall–Kier alpha value is -3.32. The molecule has 0 aromatic heterocycles. The van der Waals surface area contributed by atoms with Crippen LogP contribution in [0.5, 0.6) is 0 Å². The lowest BCUT2D eigenvalue weighted by molar-refractivity contribution is 0.0746. The van der Waals surface area contributed by atoms with Gasteiger partial charge in [0.25, 0.3) is 15.9 Å². The Kier molecular flexibility index (Phi) is 6.19. The Morgan fingerprint density at radius 2 is 1.50 bits per heavy atom. The molecule has 0 saturated carbocycles. The lowest BCUT2D eigenvalue weighted by atomic mass is 10.1. The summed E-state index contributed by atoms with van der Waals surface area (Å²) in [5.74, 6) is -0.145. The first-order valence-electron chi connectivity index (χ1n) is 10.6. The van der Waals surface area contributed by atoms with Crippen LogP contribution in [0.15, 0.2) is 83.8 Å². The first-order valence-corrected chi connectivity index (χ1v) is 12.1. The number of anilines is 2. The molecule has 3 aromatic carbocycles. The monoisotopic (exact) mass is 449 g/mol. The molecule has 1 amide bonds. The van der Waals surface area contributed by atoms with E-state index in [0.717, 1.165) is 13.1 Å². The van der Waals surface area contributed by atoms with Crippen molar-refractivity contribution in [3.8, 4) is 0 Å². The predicted octanol–water partition coefficient (Wildman–Crippen LogP) is 3.78. The molecule has 0 unspecified atom stereocenters. The van der Waals surface area contributed by atoms with Gasteiger partial charge < -0.3 is 9.80 Å². The van der Waals surface area contributed by atoms with Gasteiger partial charge in [-0.25, -0.2) is 8.42 Å². The maximum Gasteiger partial charge on any atom is 0.264 e. The third kappa shape index (κ3) is 4.34. The van der Waals surface area contributed by atoms with Gasteiger partial charge in [0, 0.05) is 44.5 Å². The molecule has 0 bridgehead atoms. The van der Waals surface area contributed by atoms with Crippen molar-refractivity contribution in [2.45, 2.75) is 11.8 Å². The number of amides is 1. The summed E-state index contributed by atoms with van der Waals surface area (Å²) in [4.78, 5) is 17.3. The molecular weight excluding hydrogens is 422 g/mol. The summed E-state index contributed by atoms with van der Waals surface area (Å²) in [5, 5.41) is 0. The van der Waals surface area contributed by atoms with E-state index >= 15 is 0 Å². The van der Waals surface area contributed by atoms with E-state index in [-0.39, 0.29) is 10.8 Å². The Morgan fingerprint density at radius 1 is 0.844 bits per heavy atom. The van der Waals surface area contributed by atoms with Crippen molar-refractivity contribution in [2.75, 3.05) is 42.4 Å². The number of nitrogens with zero attached hydrogens (tertiary/aromatic N) is 3. The summed E-state index contributed by atoms with van der Waals surface area (Å²) in [6.07, 6.45) is 0. The lowest BCUT2D eigenvalue weighted by Crippen LogP contribution is -2.49. The second kappa shape index (κ2) is 9.04. The van der Waals surface area contributed by atoms with Gasteiger partial charge in [-0.3, -0.25) is 9.10 Å². The third-order valence-corrected chi connectivity index (χ3v) is 7.66. The average molecular weight is 450 g/mol. The number of para-hydroxylation sites is 2. The number of hydrogen-bond acceptors (Lipinski definition) is 4. The maximum absolute atomic E-state index is 13.1.